The summed E-state index contributed by atoms with van der Waals surface area (Å²) in [6, 6.07) is 3.45. The van der Waals surface area contributed by atoms with Crippen LogP contribution in [0.2, 0.25) is 5.02 Å². The molecule has 96 valence electrons. The molecule has 2 rings (SSSR count). The van der Waals surface area contributed by atoms with Gasteiger partial charge in [-0.15, -0.1) is 0 Å². The van der Waals surface area contributed by atoms with E-state index in [4.69, 9.17) is 16.7 Å². The molecule has 1 amide bonds. The largest absolute Gasteiger partial charge is 0.481 e. The molecule has 1 fully saturated rings. The number of carbonyl (C=O) groups is 2. The maximum atomic E-state index is 11.8. The van der Waals surface area contributed by atoms with E-state index in [-0.39, 0.29) is 5.91 Å². The number of aliphatic carboxylic acids is 1. The Labute approximate surface area is 117 Å². The molecule has 1 aliphatic carbocycles. The summed E-state index contributed by atoms with van der Waals surface area (Å²) in [6.45, 7) is 1.86. The summed E-state index contributed by atoms with van der Waals surface area (Å²) in [5, 5.41) is 12.0. The summed E-state index contributed by atoms with van der Waals surface area (Å²) in [6.07, 6.45) is 0.401. The molecule has 18 heavy (non-hydrogen) atoms. The van der Waals surface area contributed by atoms with Crippen LogP contribution in [-0.2, 0) is 9.59 Å². The van der Waals surface area contributed by atoms with Gasteiger partial charge in [-0.2, -0.15) is 0 Å². The lowest BCUT2D eigenvalue weighted by molar-refractivity contribution is -0.139. The first-order valence-corrected chi connectivity index (χ1v) is 6.56. The Bertz CT molecular complexity index is 532. The second-order valence-electron chi connectivity index (χ2n) is 4.36. The molecule has 4 nitrogen and oxygen atoms in total. The molecule has 0 radical (unpaired) electrons. The standard InChI is InChI=1S/C12H11BrClNO3/c1-5-2-8(13)10(4-9(5)14)15-11(16)6-3-7(6)12(17)18/h2,4,6-7H,3H2,1H3,(H,15,16)(H,17,18). The molecule has 2 N–H and O–H groups in total. The van der Waals surface area contributed by atoms with Crippen LogP contribution >= 0.6 is 27.5 Å². The molecule has 2 unspecified atom stereocenters. The first-order chi connectivity index (χ1) is 8.40. The number of carboxylic acid groups (broad SMARTS) is 1. The lowest BCUT2D eigenvalue weighted by atomic mass is 10.2. The second-order valence-corrected chi connectivity index (χ2v) is 5.62. The van der Waals surface area contributed by atoms with Gasteiger partial charge in [0.15, 0.2) is 0 Å². The lowest BCUT2D eigenvalue weighted by Crippen LogP contribution is -2.17. The van der Waals surface area contributed by atoms with Gasteiger partial charge in [-0.1, -0.05) is 11.6 Å². The Morgan fingerprint density at radius 2 is 2.11 bits per heavy atom. The van der Waals surface area contributed by atoms with Crippen LogP contribution in [0.4, 0.5) is 5.69 Å². The number of rotatable bonds is 3. The molecule has 0 bridgehead atoms. The molecule has 1 saturated carbocycles. The van der Waals surface area contributed by atoms with Crippen LogP contribution in [0.15, 0.2) is 16.6 Å². The van der Waals surface area contributed by atoms with E-state index in [9.17, 15) is 9.59 Å². The number of hydrogen-bond acceptors (Lipinski definition) is 2. The van der Waals surface area contributed by atoms with Crippen LogP contribution in [0, 0.1) is 18.8 Å². The Balaban J connectivity index is 2.09. The van der Waals surface area contributed by atoms with E-state index in [0.29, 0.717) is 17.1 Å². The van der Waals surface area contributed by atoms with Gasteiger partial charge in [0.1, 0.15) is 0 Å². The van der Waals surface area contributed by atoms with Crippen molar-refractivity contribution in [1.82, 2.24) is 0 Å². The zero-order valence-electron chi connectivity index (χ0n) is 9.54. The number of benzene rings is 1. The Kier molecular flexibility index (Phi) is 3.64. The number of carbonyl (C=O) groups excluding carboxylic acids is 1. The van der Waals surface area contributed by atoms with Gasteiger partial charge >= 0.3 is 5.97 Å². The van der Waals surface area contributed by atoms with Gasteiger partial charge in [0.05, 0.1) is 17.5 Å². The minimum absolute atomic E-state index is 0.275. The van der Waals surface area contributed by atoms with Crippen molar-refractivity contribution >= 4 is 45.1 Å². The molecule has 2 atom stereocenters. The molecule has 0 aliphatic heterocycles. The highest BCUT2D eigenvalue weighted by Crippen LogP contribution is 2.40. The maximum absolute atomic E-state index is 11.8. The fourth-order valence-electron chi connectivity index (χ4n) is 1.73. The smallest absolute Gasteiger partial charge is 0.307 e. The van der Waals surface area contributed by atoms with Crippen molar-refractivity contribution in [2.24, 2.45) is 11.8 Å². The second kappa shape index (κ2) is 4.90. The normalized spacial score (nSPS) is 21.5. The van der Waals surface area contributed by atoms with Crippen LogP contribution < -0.4 is 5.32 Å². The molecule has 1 aromatic carbocycles. The molecule has 1 aromatic rings. The highest BCUT2D eigenvalue weighted by Gasteiger charge is 2.48. The SMILES string of the molecule is Cc1cc(Br)c(NC(=O)C2CC2C(=O)O)cc1Cl. The van der Waals surface area contributed by atoms with Crippen LogP contribution in [0.5, 0.6) is 0 Å². The highest BCUT2D eigenvalue weighted by atomic mass is 79.9. The van der Waals surface area contributed by atoms with Crippen molar-refractivity contribution in [3.05, 3.63) is 27.2 Å². The Morgan fingerprint density at radius 1 is 1.44 bits per heavy atom. The number of nitrogens with one attached hydrogen (secondary N) is 1. The summed E-state index contributed by atoms with van der Waals surface area (Å²) in [5.74, 6) is -2.18. The van der Waals surface area contributed by atoms with Crippen LogP contribution in [0.25, 0.3) is 0 Å². The quantitative estimate of drug-likeness (QED) is 0.894. The average molecular weight is 333 g/mol. The van der Waals surface area contributed by atoms with Crippen molar-refractivity contribution in [2.45, 2.75) is 13.3 Å². The Hall–Kier alpha value is -1.07. The van der Waals surface area contributed by atoms with Crippen LogP contribution in [0.1, 0.15) is 12.0 Å². The van der Waals surface area contributed by atoms with Crippen molar-refractivity contribution in [3.8, 4) is 0 Å². The first-order valence-electron chi connectivity index (χ1n) is 5.39. The van der Waals surface area contributed by atoms with Gasteiger partial charge in [-0.3, -0.25) is 9.59 Å². The number of carboxylic acids is 1. The van der Waals surface area contributed by atoms with E-state index < -0.39 is 17.8 Å². The highest BCUT2D eigenvalue weighted by molar-refractivity contribution is 9.10. The van der Waals surface area contributed by atoms with E-state index in [1.807, 2.05) is 6.92 Å². The predicted octanol–water partition coefficient (Wildman–Crippen LogP) is 3.07. The van der Waals surface area contributed by atoms with Gasteiger partial charge < -0.3 is 10.4 Å². The van der Waals surface area contributed by atoms with E-state index in [1.165, 1.54) is 0 Å². The summed E-state index contributed by atoms with van der Waals surface area (Å²) >= 11 is 9.31. The minimum atomic E-state index is -0.920. The predicted molar refractivity (Wildman–Crippen MR) is 71.8 cm³/mol. The monoisotopic (exact) mass is 331 g/mol. The maximum Gasteiger partial charge on any atom is 0.307 e. The molecule has 0 heterocycles. The lowest BCUT2D eigenvalue weighted by Gasteiger charge is -2.09. The van der Waals surface area contributed by atoms with E-state index in [2.05, 4.69) is 21.2 Å². The third-order valence-electron chi connectivity index (χ3n) is 2.95. The molecular formula is C12H11BrClNO3. The third-order valence-corrected chi connectivity index (χ3v) is 4.01. The topological polar surface area (TPSA) is 66.4 Å². The number of anilines is 1. The molecule has 1 aliphatic rings. The van der Waals surface area contributed by atoms with Crippen LogP contribution in [0.3, 0.4) is 0 Å². The summed E-state index contributed by atoms with van der Waals surface area (Å²) in [5.41, 5.74) is 1.46. The number of amides is 1. The van der Waals surface area contributed by atoms with E-state index in [1.54, 1.807) is 12.1 Å². The molecular weight excluding hydrogens is 321 g/mol. The van der Waals surface area contributed by atoms with Gasteiger partial charge in [0, 0.05) is 9.50 Å². The number of aryl methyl sites for hydroxylation is 1. The zero-order valence-corrected chi connectivity index (χ0v) is 11.9. The summed E-state index contributed by atoms with van der Waals surface area (Å²) in [7, 11) is 0. The fraction of sp³-hybridized carbons (Fsp3) is 0.333. The van der Waals surface area contributed by atoms with Gasteiger partial charge in [-0.25, -0.2) is 0 Å². The van der Waals surface area contributed by atoms with Crippen molar-refractivity contribution in [3.63, 3.8) is 0 Å². The van der Waals surface area contributed by atoms with Gasteiger partial charge in [0.25, 0.3) is 0 Å². The van der Waals surface area contributed by atoms with Gasteiger partial charge in [-0.05, 0) is 47.0 Å². The number of hydrogen-bond donors (Lipinski definition) is 2. The molecule has 0 aromatic heterocycles. The van der Waals surface area contributed by atoms with Crippen molar-refractivity contribution < 1.29 is 14.7 Å². The average Bonchev–Trinajstić information content (AvgIpc) is 3.05. The van der Waals surface area contributed by atoms with Gasteiger partial charge in [0.2, 0.25) is 5.91 Å². The zero-order chi connectivity index (χ0) is 13.4. The van der Waals surface area contributed by atoms with Crippen molar-refractivity contribution in [1.29, 1.82) is 0 Å². The molecule has 0 spiro atoms. The van der Waals surface area contributed by atoms with Crippen LogP contribution in [-0.4, -0.2) is 17.0 Å². The molecule has 6 heteroatoms. The van der Waals surface area contributed by atoms with E-state index >= 15 is 0 Å². The number of halogens is 2. The summed E-state index contributed by atoms with van der Waals surface area (Å²) in [4.78, 5) is 22.5. The summed E-state index contributed by atoms with van der Waals surface area (Å²) < 4.78 is 0.727. The first kappa shape index (κ1) is 13.4. The Morgan fingerprint density at radius 3 is 2.67 bits per heavy atom. The fourth-order valence-corrected chi connectivity index (χ4v) is 2.45. The van der Waals surface area contributed by atoms with Crippen molar-refractivity contribution in [2.75, 3.05) is 5.32 Å². The third kappa shape index (κ3) is 2.67. The molecule has 0 saturated heterocycles. The minimum Gasteiger partial charge on any atom is -0.481 e. The van der Waals surface area contributed by atoms with E-state index in [0.717, 1.165) is 10.0 Å².